The van der Waals surface area contributed by atoms with Crippen LogP contribution in [0.5, 0.6) is 0 Å². The van der Waals surface area contributed by atoms with Crippen molar-refractivity contribution in [1.29, 1.82) is 0 Å². The van der Waals surface area contributed by atoms with Crippen molar-refractivity contribution in [1.82, 2.24) is 0 Å². The summed E-state index contributed by atoms with van der Waals surface area (Å²) in [7, 11) is 0. The number of unbranched alkanes of at least 4 members (excludes halogenated alkanes) is 2. The van der Waals surface area contributed by atoms with Crippen molar-refractivity contribution in [3.8, 4) is 0 Å². The van der Waals surface area contributed by atoms with Gasteiger partial charge in [0.15, 0.2) is 0 Å². The van der Waals surface area contributed by atoms with E-state index in [1.54, 1.807) is 0 Å². The van der Waals surface area contributed by atoms with Crippen molar-refractivity contribution in [3.05, 3.63) is 28.2 Å². The van der Waals surface area contributed by atoms with Gasteiger partial charge >= 0.3 is 0 Å². The number of rotatable bonds is 6. The average Bonchev–Trinajstić information content (AvgIpc) is 2.26. The smallest absolute Gasteiger partial charge is 0.0314 e. The van der Waals surface area contributed by atoms with Crippen LogP contribution in [0.1, 0.15) is 31.7 Å². The number of hydrogen-bond acceptors (Lipinski definition) is 2. The molecule has 0 aliphatic rings. The van der Waals surface area contributed by atoms with E-state index in [9.17, 15) is 0 Å². The molecule has 1 rings (SSSR count). The van der Waals surface area contributed by atoms with Crippen LogP contribution in [-0.4, -0.2) is 5.75 Å². The lowest BCUT2D eigenvalue weighted by Crippen LogP contribution is -1.95. The Bertz CT molecular complexity index is 302. The molecule has 15 heavy (non-hydrogen) atoms. The first kappa shape index (κ1) is 13.1. The minimum absolute atomic E-state index is 0.610. The van der Waals surface area contributed by atoms with E-state index in [4.69, 9.17) is 5.73 Å². The van der Waals surface area contributed by atoms with Crippen molar-refractivity contribution >= 4 is 27.7 Å². The van der Waals surface area contributed by atoms with Crippen molar-refractivity contribution in [2.45, 2.75) is 37.6 Å². The fraction of sp³-hybridized carbons (Fsp3) is 0.500. The van der Waals surface area contributed by atoms with Crippen molar-refractivity contribution in [2.24, 2.45) is 5.73 Å². The van der Waals surface area contributed by atoms with E-state index in [1.807, 2.05) is 11.8 Å². The fourth-order valence-corrected chi connectivity index (χ4v) is 3.02. The van der Waals surface area contributed by atoms with Gasteiger partial charge < -0.3 is 5.73 Å². The van der Waals surface area contributed by atoms with Crippen LogP contribution in [0.25, 0.3) is 0 Å². The predicted octanol–water partition coefficient (Wildman–Crippen LogP) is 4.19. The molecule has 0 aliphatic carbocycles. The lowest BCUT2D eigenvalue weighted by molar-refractivity contribution is 0.778. The zero-order valence-electron chi connectivity index (χ0n) is 9.13. The molecule has 1 nitrogen and oxygen atoms in total. The van der Waals surface area contributed by atoms with Crippen LogP contribution in [0.2, 0.25) is 0 Å². The Morgan fingerprint density at radius 3 is 2.73 bits per heavy atom. The van der Waals surface area contributed by atoms with Gasteiger partial charge in [0, 0.05) is 15.9 Å². The Morgan fingerprint density at radius 1 is 1.33 bits per heavy atom. The molecule has 0 saturated carbocycles. The molecule has 84 valence electrons. The second-order valence-electron chi connectivity index (χ2n) is 3.52. The van der Waals surface area contributed by atoms with Crippen molar-refractivity contribution in [2.75, 3.05) is 5.75 Å². The summed E-state index contributed by atoms with van der Waals surface area (Å²) in [4.78, 5) is 1.32. The first-order valence-electron chi connectivity index (χ1n) is 5.39. The molecular weight excluding hydrogens is 270 g/mol. The number of halogens is 1. The average molecular weight is 288 g/mol. The largest absolute Gasteiger partial charge is 0.326 e. The van der Waals surface area contributed by atoms with Crippen molar-refractivity contribution in [3.63, 3.8) is 0 Å². The van der Waals surface area contributed by atoms with Crippen molar-refractivity contribution < 1.29 is 0 Å². The van der Waals surface area contributed by atoms with Gasteiger partial charge in [0.05, 0.1) is 0 Å². The number of hydrogen-bond donors (Lipinski definition) is 1. The molecule has 2 N–H and O–H groups in total. The molecule has 0 unspecified atom stereocenters. The molecule has 0 fully saturated rings. The summed E-state index contributed by atoms with van der Waals surface area (Å²) in [5.41, 5.74) is 6.76. The Hall–Kier alpha value is 0.01000. The fourth-order valence-electron chi connectivity index (χ4n) is 1.32. The highest BCUT2D eigenvalue weighted by atomic mass is 79.9. The topological polar surface area (TPSA) is 26.0 Å². The van der Waals surface area contributed by atoms with E-state index in [2.05, 4.69) is 41.1 Å². The highest BCUT2D eigenvalue weighted by Gasteiger charge is 2.01. The second kappa shape index (κ2) is 7.31. The lowest BCUT2D eigenvalue weighted by atomic mass is 10.2. The van der Waals surface area contributed by atoms with E-state index in [-0.39, 0.29) is 0 Å². The zero-order chi connectivity index (χ0) is 11.1. The van der Waals surface area contributed by atoms with Gasteiger partial charge in [0.2, 0.25) is 0 Å². The highest BCUT2D eigenvalue weighted by molar-refractivity contribution is 9.10. The predicted molar refractivity (Wildman–Crippen MR) is 72.3 cm³/mol. The molecule has 0 radical (unpaired) electrons. The molecule has 0 amide bonds. The van der Waals surface area contributed by atoms with Gasteiger partial charge in [-0.1, -0.05) is 25.8 Å². The summed E-state index contributed by atoms with van der Waals surface area (Å²) < 4.78 is 1.17. The van der Waals surface area contributed by atoms with E-state index >= 15 is 0 Å². The molecule has 0 bridgehead atoms. The van der Waals surface area contributed by atoms with E-state index in [0.29, 0.717) is 6.54 Å². The van der Waals surface area contributed by atoms with Gasteiger partial charge in [0.1, 0.15) is 0 Å². The minimum Gasteiger partial charge on any atom is -0.326 e. The van der Waals surface area contributed by atoms with Crippen LogP contribution in [0.3, 0.4) is 0 Å². The lowest BCUT2D eigenvalue weighted by Gasteiger charge is -2.05. The molecule has 0 atom stereocenters. The molecule has 0 saturated heterocycles. The Morgan fingerprint density at radius 2 is 2.13 bits per heavy atom. The van der Waals surface area contributed by atoms with Crippen LogP contribution < -0.4 is 5.73 Å². The van der Waals surface area contributed by atoms with Gasteiger partial charge in [-0.25, -0.2) is 0 Å². The zero-order valence-corrected chi connectivity index (χ0v) is 11.5. The van der Waals surface area contributed by atoms with Crippen LogP contribution in [0.4, 0.5) is 0 Å². The Balaban J connectivity index is 2.47. The molecule has 1 aromatic carbocycles. The molecule has 0 aromatic heterocycles. The summed E-state index contributed by atoms with van der Waals surface area (Å²) in [6.07, 6.45) is 3.91. The van der Waals surface area contributed by atoms with Gasteiger partial charge in [-0.3, -0.25) is 0 Å². The monoisotopic (exact) mass is 287 g/mol. The van der Waals surface area contributed by atoms with Gasteiger partial charge in [-0.2, -0.15) is 0 Å². The van der Waals surface area contributed by atoms with E-state index in [1.165, 1.54) is 39.9 Å². The molecular formula is C12H18BrNS. The third kappa shape index (κ3) is 4.58. The molecule has 0 heterocycles. The SMILES string of the molecule is CCCCCSc1ccc(CN)cc1Br. The summed E-state index contributed by atoms with van der Waals surface area (Å²) >= 11 is 5.50. The van der Waals surface area contributed by atoms with Gasteiger partial charge in [-0.05, 0) is 45.8 Å². The highest BCUT2D eigenvalue weighted by Crippen LogP contribution is 2.29. The summed E-state index contributed by atoms with van der Waals surface area (Å²) in [6, 6.07) is 6.37. The molecule has 0 spiro atoms. The maximum absolute atomic E-state index is 5.58. The quantitative estimate of drug-likeness (QED) is 0.627. The van der Waals surface area contributed by atoms with Crippen LogP contribution in [0, 0.1) is 0 Å². The minimum atomic E-state index is 0.610. The molecule has 0 aliphatic heterocycles. The third-order valence-electron chi connectivity index (χ3n) is 2.24. The normalized spacial score (nSPS) is 10.6. The number of benzene rings is 1. The van der Waals surface area contributed by atoms with Gasteiger partial charge in [0.25, 0.3) is 0 Å². The number of nitrogens with two attached hydrogens (primary N) is 1. The number of thioether (sulfide) groups is 1. The van der Waals surface area contributed by atoms with Crippen LogP contribution in [-0.2, 0) is 6.54 Å². The van der Waals surface area contributed by atoms with Gasteiger partial charge in [-0.15, -0.1) is 11.8 Å². The summed E-state index contributed by atoms with van der Waals surface area (Å²) in [5, 5.41) is 0. The third-order valence-corrected chi connectivity index (χ3v) is 4.32. The maximum atomic E-state index is 5.58. The maximum Gasteiger partial charge on any atom is 0.0314 e. The van der Waals surface area contributed by atoms with E-state index < -0.39 is 0 Å². The van der Waals surface area contributed by atoms with Crippen LogP contribution >= 0.6 is 27.7 Å². The Labute approximate surface area is 105 Å². The Kier molecular flexibility index (Phi) is 6.37. The van der Waals surface area contributed by atoms with E-state index in [0.717, 1.165) is 0 Å². The first-order valence-corrected chi connectivity index (χ1v) is 7.17. The molecule has 1 aromatic rings. The second-order valence-corrected chi connectivity index (χ2v) is 5.52. The molecule has 3 heteroatoms. The summed E-state index contributed by atoms with van der Waals surface area (Å²) in [5.74, 6) is 1.20. The first-order chi connectivity index (χ1) is 7.27. The van der Waals surface area contributed by atoms with Crippen LogP contribution in [0.15, 0.2) is 27.6 Å². The summed E-state index contributed by atoms with van der Waals surface area (Å²) in [6.45, 7) is 2.84. The standard InChI is InChI=1S/C12H18BrNS/c1-2-3-4-7-15-12-6-5-10(9-14)8-11(12)13/h5-6,8H,2-4,7,9,14H2,1H3.